The zero-order valence-electron chi connectivity index (χ0n) is 8.58. The predicted molar refractivity (Wildman–Crippen MR) is 55.2 cm³/mol. The molecule has 1 aromatic rings. The molecule has 3 atom stereocenters. The van der Waals surface area contributed by atoms with Crippen LogP contribution in [0.5, 0.6) is 0 Å². The molecule has 0 aromatic heterocycles. The maximum atomic E-state index is 11.0. The Morgan fingerprint density at radius 2 is 2.06 bits per heavy atom. The molecule has 1 heterocycles. The first-order valence-corrected chi connectivity index (χ1v) is 4.98. The fourth-order valence-corrected chi connectivity index (χ4v) is 1.58. The van der Waals surface area contributed by atoms with E-state index in [1.807, 2.05) is 30.3 Å². The Morgan fingerprint density at radius 1 is 1.38 bits per heavy atom. The summed E-state index contributed by atoms with van der Waals surface area (Å²) in [6, 6.07) is 9.19. The van der Waals surface area contributed by atoms with Gasteiger partial charge in [0.05, 0.1) is 6.61 Å². The van der Waals surface area contributed by atoms with Gasteiger partial charge in [-0.15, -0.1) is 0 Å². The molecule has 0 unspecified atom stereocenters. The van der Waals surface area contributed by atoms with E-state index in [0.717, 1.165) is 5.56 Å². The average Bonchev–Trinajstić information content (AvgIpc) is 2.30. The number of amides is 1. The number of rotatable bonds is 2. The largest absolute Gasteiger partial charge is 0.387 e. The monoisotopic (exact) mass is 223 g/mol. The smallest absolute Gasteiger partial charge is 0.249 e. The van der Waals surface area contributed by atoms with Crippen LogP contribution in [0.4, 0.5) is 0 Å². The lowest BCUT2D eigenvalue weighted by Gasteiger charge is -2.32. The molecule has 1 amide bonds. The Hall–Kier alpha value is -1.43. The van der Waals surface area contributed by atoms with Crippen LogP contribution in [0.1, 0.15) is 11.9 Å². The molecule has 16 heavy (non-hydrogen) atoms. The van der Waals surface area contributed by atoms with Crippen LogP contribution < -0.4 is 5.73 Å². The van der Waals surface area contributed by atoms with Gasteiger partial charge in [0.1, 0.15) is 6.10 Å². The molecule has 0 saturated carbocycles. The van der Waals surface area contributed by atoms with Crippen molar-refractivity contribution in [3.63, 3.8) is 0 Å². The second-order valence-corrected chi connectivity index (χ2v) is 3.60. The van der Waals surface area contributed by atoms with E-state index in [0.29, 0.717) is 0 Å². The Balaban J connectivity index is 2.12. The van der Waals surface area contributed by atoms with E-state index in [2.05, 4.69) is 0 Å². The first-order valence-electron chi connectivity index (χ1n) is 4.98. The number of benzene rings is 1. The van der Waals surface area contributed by atoms with Gasteiger partial charge in [-0.25, -0.2) is 0 Å². The number of primary amides is 1. The van der Waals surface area contributed by atoms with E-state index < -0.39 is 24.4 Å². The van der Waals surface area contributed by atoms with Crippen LogP contribution in [-0.2, 0) is 14.3 Å². The number of aliphatic hydroxyl groups excluding tert-OH is 1. The summed E-state index contributed by atoms with van der Waals surface area (Å²) >= 11 is 0. The van der Waals surface area contributed by atoms with Gasteiger partial charge < -0.3 is 20.3 Å². The maximum Gasteiger partial charge on any atom is 0.249 e. The fraction of sp³-hybridized carbons (Fsp3) is 0.364. The molecule has 0 aliphatic carbocycles. The van der Waals surface area contributed by atoms with Gasteiger partial charge in [-0.2, -0.15) is 0 Å². The summed E-state index contributed by atoms with van der Waals surface area (Å²) in [5, 5.41) is 9.45. The van der Waals surface area contributed by atoms with Crippen LogP contribution in [-0.4, -0.2) is 29.8 Å². The van der Waals surface area contributed by atoms with Crippen LogP contribution in [0.15, 0.2) is 30.3 Å². The van der Waals surface area contributed by atoms with Crippen molar-refractivity contribution in [2.45, 2.75) is 18.5 Å². The third kappa shape index (κ3) is 2.21. The molecule has 1 aromatic carbocycles. The first kappa shape index (κ1) is 11.1. The normalized spacial score (nSPS) is 29.9. The van der Waals surface area contributed by atoms with Crippen molar-refractivity contribution in [3.05, 3.63) is 35.9 Å². The second kappa shape index (κ2) is 4.61. The minimum Gasteiger partial charge on any atom is -0.387 e. The Morgan fingerprint density at radius 3 is 2.69 bits per heavy atom. The third-order valence-electron chi connectivity index (χ3n) is 2.39. The van der Waals surface area contributed by atoms with E-state index in [-0.39, 0.29) is 6.61 Å². The predicted octanol–water partition coefficient (Wildman–Crippen LogP) is -0.0532. The highest BCUT2D eigenvalue weighted by Crippen LogP contribution is 2.25. The molecule has 5 nitrogen and oxygen atoms in total. The van der Waals surface area contributed by atoms with E-state index in [1.165, 1.54) is 0 Å². The summed E-state index contributed by atoms with van der Waals surface area (Å²) in [7, 11) is 0. The fourth-order valence-electron chi connectivity index (χ4n) is 1.58. The van der Waals surface area contributed by atoms with Crippen LogP contribution >= 0.6 is 0 Å². The minimum absolute atomic E-state index is 0.0349. The summed E-state index contributed by atoms with van der Waals surface area (Å²) in [5.74, 6) is -0.684. The van der Waals surface area contributed by atoms with Gasteiger partial charge in [0.25, 0.3) is 0 Å². The molecule has 1 aliphatic rings. The van der Waals surface area contributed by atoms with Gasteiger partial charge in [0.15, 0.2) is 12.4 Å². The lowest BCUT2D eigenvalue weighted by molar-refractivity contribution is -0.250. The van der Waals surface area contributed by atoms with Crippen LogP contribution in [0, 0.1) is 0 Å². The van der Waals surface area contributed by atoms with Crippen molar-refractivity contribution in [2.75, 3.05) is 6.61 Å². The summed E-state index contributed by atoms with van der Waals surface area (Å²) < 4.78 is 10.6. The molecule has 0 radical (unpaired) electrons. The van der Waals surface area contributed by atoms with Crippen molar-refractivity contribution < 1.29 is 19.4 Å². The SMILES string of the molecule is NC(=O)[C@H]1O[C@@H](c2ccccc2)OC[C@@H]1O. The van der Waals surface area contributed by atoms with Crippen molar-refractivity contribution in [1.29, 1.82) is 0 Å². The Kier molecular flexibility index (Phi) is 3.19. The van der Waals surface area contributed by atoms with E-state index >= 15 is 0 Å². The van der Waals surface area contributed by atoms with Crippen molar-refractivity contribution >= 4 is 5.91 Å². The lowest BCUT2D eigenvalue weighted by atomic mass is 10.1. The Bertz CT molecular complexity index is 368. The van der Waals surface area contributed by atoms with Gasteiger partial charge in [0, 0.05) is 5.56 Å². The lowest BCUT2D eigenvalue weighted by Crippen LogP contribution is -2.48. The van der Waals surface area contributed by atoms with Crippen LogP contribution in [0.2, 0.25) is 0 Å². The zero-order chi connectivity index (χ0) is 11.5. The average molecular weight is 223 g/mol. The zero-order valence-corrected chi connectivity index (χ0v) is 8.58. The molecule has 2 rings (SSSR count). The van der Waals surface area contributed by atoms with Gasteiger partial charge in [-0.05, 0) is 0 Å². The molecule has 3 N–H and O–H groups in total. The molecule has 1 fully saturated rings. The van der Waals surface area contributed by atoms with Crippen molar-refractivity contribution in [1.82, 2.24) is 0 Å². The van der Waals surface area contributed by atoms with Gasteiger partial charge in [-0.1, -0.05) is 30.3 Å². The van der Waals surface area contributed by atoms with E-state index in [1.54, 1.807) is 0 Å². The minimum atomic E-state index is -1.01. The quantitative estimate of drug-likeness (QED) is 0.736. The molecule has 1 saturated heterocycles. The number of carbonyl (C=O) groups excluding carboxylic acids is 1. The van der Waals surface area contributed by atoms with Crippen molar-refractivity contribution in [2.24, 2.45) is 5.73 Å². The van der Waals surface area contributed by atoms with E-state index in [9.17, 15) is 9.90 Å². The Labute approximate surface area is 92.8 Å². The molecule has 1 aliphatic heterocycles. The molecule has 5 heteroatoms. The molecule has 86 valence electrons. The highest BCUT2D eigenvalue weighted by molar-refractivity contribution is 5.79. The standard InChI is InChI=1S/C11H13NO4/c12-10(14)9-8(13)6-15-11(16-9)7-4-2-1-3-5-7/h1-5,8-9,11,13H,6H2,(H2,12,14)/t8-,9-,11-/m0/s1. The second-order valence-electron chi connectivity index (χ2n) is 3.60. The number of nitrogens with two attached hydrogens (primary N) is 1. The van der Waals surface area contributed by atoms with Crippen LogP contribution in [0.3, 0.4) is 0 Å². The summed E-state index contributed by atoms with van der Waals surface area (Å²) in [6.45, 7) is 0.0349. The van der Waals surface area contributed by atoms with Crippen molar-refractivity contribution in [3.8, 4) is 0 Å². The van der Waals surface area contributed by atoms with E-state index in [4.69, 9.17) is 15.2 Å². The molecular weight excluding hydrogens is 210 g/mol. The molecule has 0 bridgehead atoms. The molecular formula is C11H13NO4. The number of aliphatic hydroxyl groups is 1. The van der Waals surface area contributed by atoms with Gasteiger partial charge >= 0.3 is 0 Å². The summed E-state index contributed by atoms with van der Waals surface area (Å²) in [4.78, 5) is 11.0. The highest BCUT2D eigenvalue weighted by atomic mass is 16.7. The highest BCUT2D eigenvalue weighted by Gasteiger charge is 2.35. The summed E-state index contributed by atoms with van der Waals surface area (Å²) in [5.41, 5.74) is 5.91. The number of carbonyl (C=O) groups is 1. The first-order chi connectivity index (χ1) is 7.68. The molecule has 0 spiro atoms. The van der Waals surface area contributed by atoms with Gasteiger partial charge in [0.2, 0.25) is 5.91 Å². The number of hydrogen-bond acceptors (Lipinski definition) is 4. The maximum absolute atomic E-state index is 11.0. The number of hydrogen-bond donors (Lipinski definition) is 2. The van der Waals surface area contributed by atoms with Gasteiger partial charge in [-0.3, -0.25) is 4.79 Å². The number of ether oxygens (including phenoxy) is 2. The third-order valence-corrected chi connectivity index (χ3v) is 2.39. The topological polar surface area (TPSA) is 81.8 Å². The summed E-state index contributed by atoms with van der Waals surface area (Å²) in [6.07, 6.45) is -2.67. The van der Waals surface area contributed by atoms with Crippen LogP contribution in [0.25, 0.3) is 0 Å².